The van der Waals surface area contributed by atoms with E-state index in [2.05, 4.69) is 17.9 Å². The van der Waals surface area contributed by atoms with Crippen LogP contribution in [0.15, 0.2) is 42.5 Å². The van der Waals surface area contributed by atoms with Crippen LogP contribution in [-0.2, 0) is 0 Å². The van der Waals surface area contributed by atoms with Crippen LogP contribution in [0.3, 0.4) is 0 Å². The van der Waals surface area contributed by atoms with Crippen molar-refractivity contribution in [1.82, 2.24) is 0 Å². The molecule has 2 N–H and O–H groups in total. The summed E-state index contributed by atoms with van der Waals surface area (Å²) >= 11 is 0. The summed E-state index contributed by atoms with van der Waals surface area (Å²) < 4.78 is 11.5. The van der Waals surface area contributed by atoms with Crippen molar-refractivity contribution in [2.24, 2.45) is 0 Å². The predicted octanol–water partition coefficient (Wildman–Crippen LogP) is 2.86. The summed E-state index contributed by atoms with van der Waals surface area (Å²) in [6.07, 6.45) is 0. The van der Waals surface area contributed by atoms with Crippen molar-refractivity contribution in [2.45, 2.75) is 6.92 Å². The fourth-order valence-corrected chi connectivity index (χ4v) is 2.57. The fourth-order valence-electron chi connectivity index (χ4n) is 2.57. The summed E-state index contributed by atoms with van der Waals surface area (Å²) in [5.41, 5.74) is 9.01. The number of aryl methyl sites for hydroxylation is 1. The molecule has 110 valence electrons. The molecule has 1 aliphatic heterocycles. The second-order valence-corrected chi connectivity index (χ2v) is 5.19. The van der Waals surface area contributed by atoms with E-state index in [9.17, 15) is 0 Å². The van der Waals surface area contributed by atoms with Gasteiger partial charge < -0.3 is 20.1 Å². The second-order valence-electron chi connectivity index (χ2n) is 5.19. The third-order valence-electron chi connectivity index (χ3n) is 3.58. The molecule has 0 aliphatic carbocycles. The van der Waals surface area contributed by atoms with Gasteiger partial charge in [0.2, 0.25) is 0 Å². The summed E-state index contributed by atoms with van der Waals surface area (Å²) in [6.45, 7) is 4.99. The monoisotopic (exact) mass is 284 g/mol. The van der Waals surface area contributed by atoms with E-state index in [-0.39, 0.29) is 0 Å². The number of benzene rings is 2. The standard InChI is InChI=1S/C17H20N2O2/c1-13-4-2-5-14(12-13)20-10-8-19-9-11-21-16-7-3-6-15(18)17(16)19/h2-7,12H,8-11,18H2,1H3. The van der Waals surface area contributed by atoms with Crippen LogP contribution in [0.2, 0.25) is 0 Å². The molecule has 0 saturated heterocycles. The SMILES string of the molecule is Cc1cccc(OCCN2CCOc3cccc(N)c32)c1. The number of nitrogen functional groups attached to an aromatic ring is 1. The van der Waals surface area contributed by atoms with Crippen molar-refractivity contribution in [3.8, 4) is 11.5 Å². The van der Waals surface area contributed by atoms with Crippen molar-refractivity contribution < 1.29 is 9.47 Å². The molecule has 3 rings (SSSR count). The van der Waals surface area contributed by atoms with Gasteiger partial charge >= 0.3 is 0 Å². The van der Waals surface area contributed by atoms with Gasteiger partial charge in [0.05, 0.1) is 18.8 Å². The normalized spacial score (nSPS) is 13.5. The number of fused-ring (bicyclic) bond motifs is 1. The Bertz CT molecular complexity index is 628. The number of ether oxygens (including phenoxy) is 2. The van der Waals surface area contributed by atoms with Crippen molar-refractivity contribution in [3.63, 3.8) is 0 Å². The lowest BCUT2D eigenvalue weighted by molar-refractivity contribution is 0.289. The van der Waals surface area contributed by atoms with Crippen LogP contribution in [-0.4, -0.2) is 26.3 Å². The van der Waals surface area contributed by atoms with Crippen LogP contribution in [0.25, 0.3) is 0 Å². The number of nitrogens with zero attached hydrogens (tertiary/aromatic N) is 1. The molecule has 1 heterocycles. The van der Waals surface area contributed by atoms with Gasteiger partial charge in [0, 0.05) is 0 Å². The summed E-state index contributed by atoms with van der Waals surface area (Å²) in [4.78, 5) is 2.23. The van der Waals surface area contributed by atoms with Crippen LogP contribution < -0.4 is 20.1 Å². The van der Waals surface area contributed by atoms with Gasteiger partial charge in [-0.15, -0.1) is 0 Å². The highest BCUT2D eigenvalue weighted by Crippen LogP contribution is 2.36. The number of para-hydroxylation sites is 1. The van der Waals surface area contributed by atoms with Crippen LogP contribution in [0, 0.1) is 6.92 Å². The predicted molar refractivity (Wildman–Crippen MR) is 85.2 cm³/mol. The van der Waals surface area contributed by atoms with Gasteiger partial charge in [-0.2, -0.15) is 0 Å². The first kappa shape index (κ1) is 13.6. The molecule has 4 heteroatoms. The maximum atomic E-state index is 6.07. The largest absolute Gasteiger partial charge is 0.492 e. The molecular formula is C17H20N2O2. The molecular weight excluding hydrogens is 264 g/mol. The number of anilines is 2. The van der Waals surface area contributed by atoms with E-state index in [0.29, 0.717) is 13.2 Å². The zero-order valence-corrected chi connectivity index (χ0v) is 12.2. The zero-order valence-electron chi connectivity index (χ0n) is 12.2. The Labute approximate surface area is 125 Å². The van der Waals surface area contributed by atoms with Gasteiger partial charge in [-0.05, 0) is 36.8 Å². The second kappa shape index (κ2) is 5.95. The Morgan fingerprint density at radius 2 is 2.10 bits per heavy atom. The maximum Gasteiger partial charge on any atom is 0.144 e. The molecule has 0 spiro atoms. The molecule has 21 heavy (non-hydrogen) atoms. The molecule has 2 aromatic rings. The van der Waals surface area contributed by atoms with E-state index in [1.807, 2.05) is 36.4 Å². The van der Waals surface area contributed by atoms with E-state index < -0.39 is 0 Å². The van der Waals surface area contributed by atoms with E-state index >= 15 is 0 Å². The van der Waals surface area contributed by atoms with Gasteiger partial charge in [0.15, 0.2) is 0 Å². The Morgan fingerprint density at radius 1 is 1.24 bits per heavy atom. The average Bonchev–Trinajstić information content (AvgIpc) is 2.48. The molecule has 0 radical (unpaired) electrons. The Morgan fingerprint density at radius 3 is 2.95 bits per heavy atom. The van der Waals surface area contributed by atoms with Crippen LogP contribution in [0.4, 0.5) is 11.4 Å². The topological polar surface area (TPSA) is 47.7 Å². The fraction of sp³-hybridized carbons (Fsp3) is 0.294. The molecule has 0 atom stereocenters. The molecule has 0 amide bonds. The first-order chi connectivity index (χ1) is 10.2. The first-order valence-electron chi connectivity index (χ1n) is 7.20. The minimum atomic E-state index is 0.622. The molecule has 0 bridgehead atoms. The van der Waals surface area contributed by atoms with E-state index in [0.717, 1.165) is 36.0 Å². The molecule has 1 aliphatic rings. The number of hydrogen-bond donors (Lipinski definition) is 1. The van der Waals surface area contributed by atoms with Crippen molar-refractivity contribution >= 4 is 11.4 Å². The Balaban J connectivity index is 1.65. The van der Waals surface area contributed by atoms with Crippen LogP contribution in [0.1, 0.15) is 5.56 Å². The number of rotatable bonds is 4. The van der Waals surface area contributed by atoms with Gasteiger partial charge in [0.1, 0.15) is 30.4 Å². The van der Waals surface area contributed by atoms with Crippen molar-refractivity contribution in [1.29, 1.82) is 0 Å². The Hall–Kier alpha value is -2.36. The zero-order chi connectivity index (χ0) is 14.7. The number of nitrogens with two attached hydrogens (primary N) is 1. The minimum Gasteiger partial charge on any atom is -0.492 e. The summed E-state index contributed by atoms with van der Waals surface area (Å²) in [5, 5.41) is 0. The summed E-state index contributed by atoms with van der Waals surface area (Å²) in [5.74, 6) is 1.77. The van der Waals surface area contributed by atoms with Gasteiger partial charge in [0.25, 0.3) is 0 Å². The third-order valence-corrected chi connectivity index (χ3v) is 3.58. The lowest BCUT2D eigenvalue weighted by atomic mass is 10.2. The minimum absolute atomic E-state index is 0.622. The molecule has 0 saturated carbocycles. The molecule has 0 fully saturated rings. The van der Waals surface area contributed by atoms with Gasteiger partial charge in [-0.25, -0.2) is 0 Å². The lowest BCUT2D eigenvalue weighted by Crippen LogP contribution is -2.36. The van der Waals surface area contributed by atoms with Gasteiger partial charge in [-0.3, -0.25) is 0 Å². The lowest BCUT2D eigenvalue weighted by Gasteiger charge is -2.32. The van der Waals surface area contributed by atoms with E-state index in [1.165, 1.54) is 5.56 Å². The highest BCUT2D eigenvalue weighted by molar-refractivity contribution is 5.75. The van der Waals surface area contributed by atoms with Crippen LogP contribution in [0.5, 0.6) is 11.5 Å². The van der Waals surface area contributed by atoms with E-state index in [1.54, 1.807) is 0 Å². The Kier molecular flexibility index (Phi) is 3.86. The van der Waals surface area contributed by atoms with Crippen LogP contribution >= 0.6 is 0 Å². The molecule has 4 nitrogen and oxygen atoms in total. The maximum absolute atomic E-state index is 6.07. The smallest absolute Gasteiger partial charge is 0.144 e. The molecule has 0 unspecified atom stereocenters. The van der Waals surface area contributed by atoms with Gasteiger partial charge in [-0.1, -0.05) is 18.2 Å². The highest BCUT2D eigenvalue weighted by Gasteiger charge is 2.20. The number of hydrogen-bond acceptors (Lipinski definition) is 4. The molecule has 0 aromatic heterocycles. The summed E-state index contributed by atoms with van der Waals surface area (Å²) in [6, 6.07) is 13.9. The molecule has 2 aromatic carbocycles. The first-order valence-corrected chi connectivity index (χ1v) is 7.20. The summed E-state index contributed by atoms with van der Waals surface area (Å²) in [7, 11) is 0. The average molecular weight is 284 g/mol. The van der Waals surface area contributed by atoms with Crippen molar-refractivity contribution in [3.05, 3.63) is 48.0 Å². The van der Waals surface area contributed by atoms with Crippen molar-refractivity contribution in [2.75, 3.05) is 36.9 Å². The highest BCUT2D eigenvalue weighted by atomic mass is 16.5. The van der Waals surface area contributed by atoms with E-state index in [4.69, 9.17) is 15.2 Å². The quantitative estimate of drug-likeness (QED) is 0.877. The third kappa shape index (κ3) is 3.05.